The molecule has 1 amide bonds. The van der Waals surface area contributed by atoms with Crippen molar-refractivity contribution in [2.75, 3.05) is 6.54 Å². The molecule has 0 saturated heterocycles. The summed E-state index contributed by atoms with van der Waals surface area (Å²) in [6, 6.07) is 9.73. The first-order valence-electron chi connectivity index (χ1n) is 7.87. The van der Waals surface area contributed by atoms with Crippen LogP contribution >= 0.6 is 24.8 Å². The van der Waals surface area contributed by atoms with Crippen LogP contribution in [0.5, 0.6) is 0 Å². The van der Waals surface area contributed by atoms with Crippen LogP contribution in [0.1, 0.15) is 29.5 Å². The number of nitrogens with one attached hydrogen (secondary N) is 1. The standard InChI is InChI=1S/C17H20N6O.2ClH/c1-11(18)7-9-20-17(24)16-12(2)23(22-21-16)14-5-6-15-13(10-14)4-3-8-19-15;;/h3-6,8,10-11H,7,9,18H2,1-2H3,(H,20,24);2*1H. The number of halogens is 2. The van der Waals surface area contributed by atoms with Crippen molar-refractivity contribution in [2.24, 2.45) is 5.73 Å². The lowest BCUT2D eigenvalue weighted by Crippen LogP contribution is -2.29. The number of hydrogen-bond donors (Lipinski definition) is 2. The van der Waals surface area contributed by atoms with Gasteiger partial charge >= 0.3 is 0 Å². The third kappa shape index (κ3) is 4.69. The van der Waals surface area contributed by atoms with Crippen molar-refractivity contribution in [3.63, 3.8) is 0 Å². The fourth-order valence-electron chi connectivity index (χ4n) is 2.48. The molecule has 3 N–H and O–H groups in total. The Morgan fingerprint density at radius 3 is 2.81 bits per heavy atom. The van der Waals surface area contributed by atoms with Gasteiger partial charge in [0.15, 0.2) is 5.69 Å². The fourth-order valence-corrected chi connectivity index (χ4v) is 2.48. The van der Waals surface area contributed by atoms with Crippen molar-refractivity contribution in [3.05, 3.63) is 47.9 Å². The highest BCUT2D eigenvalue weighted by molar-refractivity contribution is 5.93. The third-order valence-corrected chi connectivity index (χ3v) is 3.83. The van der Waals surface area contributed by atoms with E-state index in [1.54, 1.807) is 10.9 Å². The molecular weight excluding hydrogens is 375 g/mol. The predicted molar refractivity (Wildman–Crippen MR) is 106 cm³/mol. The van der Waals surface area contributed by atoms with Gasteiger partial charge in [0, 0.05) is 24.2 Å². The summed E-state index contributed by atoms with van der Waals surface area (Å²) in [5.41, 5.74) is 8.45. The Kier molecular flexibility index (Phi) is 7.95. The molecule has 0 spiro atoms. The van der Waals surface area contributed by atoms with E-state index in [-0.39, 0.29) is 36.8 Å². The molecule has 1 atom stereocenters. The van der Waals surface area contributed by atoms with E-state index in [1.807, 2.05) is 44.2 Å². The van der Waals surface area contributed by atoms with Crippen LogP contribution in [0.4, 0.5) is 0 Å². The van der Waals surface area contributed by atoms with Gasteiger partial charge in [-0.15, -0.1) is 29.9 Å². The van der Waals surface area contributed by atoms with E-state index in [0.29, 0.717) is 17.9 Å². The van der Waals surface area contributed by atoms with Gasteiger partial charge < -0.3 is 11.1 Å². The maximum absolute atomic E-state index is 12.2. The molecule has 0 saturated carbocycles. The number of carbonyl (C=O) groups excluding carboxylic acids is 1. The number of amides is 1. The SMILES string of the molecule is Cc1c(C(=O)NCCC(C)N)nnn1-c1ccc2ncccc2c1.Cl.Cl. The van der Waals surface area contributed by atoms with Gasteiger partial charge in [0.25, 0.3) is 5.91 Å². The Bertz CT molecular complexity index is 881. The summed E-state index contributed by atoms with van der Waals surface area (Å²) >= 11 is 0. The van der Waals surface area contributed by atoms with Crippen molar-refractivity contribution < 1.29 is 4.79 Å². The van der Waals surface area contributed by atoms with Crippen molar-refractivity contribution in [3.8, 4) is 5.69 Å². The maximum Gasteiger partial charge on any atom is 0.273 e. The number of hydrogen-bond acceptors (Lipinski definition) is 5. The van der Waals surface area contributed by atoms with Gasteiger partial charge in [0.05, 0.1) is 16.9 Å². The average molecular weight is 397 g/mol. The van der Waals surface area contributed by atoms with Gasteiger partial charge in [-0.3, -0.25) is 9.78 Å². The average Bonchev–Trinajstić information content (AvgIpc) is 2.95. The molecule has 0 aliphatic rings. The summed E-state index contributed by atoms with van der Waals surface area (Å²) in [6.07, 6.45) is 2.48. The zero-order valence-electron chi connectivity index (χ0n) is 14.5. The highest BCUT2D eigenvalue weighted by Crippen LogP contribution is 2.18. The molecule has 0 aliphatic carbocycles. The number of pyridine rings is 1. The molecule has 140 valence electrons. The Morgan fingerprint density at radius 1 is 1.31 bits per heavy atom. The van der Waals surface area contributed by atoms with E-state index in [9.17, 15) is 4.79 Å². The van der Waals surface area contributed by atoms with Gasteiger partial charge in [-0.1, -0.05) is 11.3 Å². The molecule has 3 rings (SSSR count). The molecule has 26 heavy (non-hydrogen) atoms. The first kappa shape index (κ1) is 21.8. The highest BCUT2D eigenvalue weighted by Gasteiger charge is 2.17. The maximum atomic E-state index is 12.2. The van der Waals surface area contributed by atoms with E-state index >= 15 is 0 Å². The minimum absolute atomic E-state index is 0. The monoisotopic (exact) mass is 396 g/mol. The van der Waals surface area contributed by atoms with Crippen molar-refractivity contribution >= 4 is 41.6 Å². The van der Waals surface area contributed by atoms with Crippen LogP contribution in [-0.2, 0) is 0 Å². The largest absolute Gasteiger partial charge is 0.351 e. The molecule has 0 bridgehead atoms. The predicted octanol–water partition coefficient (Wildman–Crippen LogP) is 2.43. The van der Waals surface area contributed by atoms with Crippen molar-refractivity contribution in [1.82, 2.24) is 25.3 Å². The summed E-state index contributed by atoms with van der Waals surface area (Å²) < 4.78 is 1.66. The van der Waals surface area contributed by atoms with E-state index in [2.05, 4.69) is 20.6 Å². The number of rotatable bonds is 5. The molecule has 1 unspecified atom stereocenters. The minimum Gasteiger partial charge on any atom is -0.351 e. The summed E-state index contributed by atoms with van der Waals surface area (Å²) in [4.78, 5) is 16.5. The highest BCUT2D eigenvalue weighted by atomic mass is 35.5. The van der Waals surface area contributed by atoms with Gasteiger partial charge in [0.2, 0.25) is 0 Å². The molecule has 0 radical (unpaired) electrons. The number of fused-ring (bicyclic) bond motifs is 1. The molecule has 0 fully saturated rings. The van der Waals surface area contributed by atoms with Crippen LogP contribution in [0.15, 0.2) is 36.5 Å². The van der Waals surface area contributed by atoms with Crippen molar-refractivity contribution in [2.45, 2.75) is 26.3 Å². The Hall–Kier alpha value is -2.22. The summed E-state index contributed by atoms with van der Waals surface area (Å²) in [6.45, 7) is 4.25. The van der Waals surface area contributed by atoms with Gasteiger partial charge in [-0.2, -0.15) is 0 Å². The molecular formula is C17H22Cl2N6O. The lowest BCUT2D eigenvalue weighted by atomic mass is 10.2. The van der Waals surface area contributed by atoms with Crippen LogP contribution in [0.2, 0.25) is 0 Å². The Labute approximate surface area is 164 Å². The van der Waals surface area contributed by atoms with Crippen LogP contribution in [-0.4, -0.2) is 38.5 Å². The number of nitrogens with zero attached hydrogens (tertiary/aromatic N) is 4. The van der Waals surface area contributed by atoms with E-state index in [4.69, 9.17) is 5.73 Å². The summed E-state index contributed by atoms with van der Waals surface area (Å²) in [7, 11) is 0. The molecule has 2 heterocycles. The number of carbonyl (C=O) groups is 1. The smallest absolute Gasteiger partial charge is 0.273 e. The molecule has 2 aromatic heterocycles. The quantitative estimate of drug-likeness (QED) is 0.689. The molecule has 3 aromatic rings. The van der Waals surface area contributed by atoms with Gasteiger partial charge in [-0.05, 0) is 44.5 Å². The Balaban J connectivity index is 0.00000169. The second-order valence-corrected chi connectivity index (χ2v) is 5.84. The third-order valence-electron chi connectivity index (χ3n) is 3.83. The van der Waals surface area contributed by atoms with Crippen LogP contribution < -0.4 is 11.1 Å². The van der Waals surface area contributed by atoms with Gasteiger partial charge in [-0.25, -0.2) is 4.68 Å². The molecule has 0 aliphatic heterocycles. The normalized spacial score (nSPS) is 11.3. The zero-order valence-corrected chi connectivity index (χ0v) is 16.2. The topological polar surface area (TPSA) is 98.7 Å². The van der Waals surface area contributed by atoms with Gasteiger partial charge in [0.1, 0.15) is 0 Å². The first-order chi connectivity index (χ1) is 11.6. The number of nitrogens with two attached hydrogens (primary N) is 1. The first-order valence-corrected chi connectivity index (χ1v) is 7.87. The van der Waals surface area contributed by atoms with Crippen LogP contribution in [0.3, 0.4) is 0 Å². The second kappa shape index (κ2) is 9.47. The molecule has 1 aromatic carbocycles. The Morgan fingerprint density at radius 2 is 2.08 bits per heavy atom. The van der Waals surface area contributed by atoms with Crippen LogP contribution in [0.25, 0.3) is 16.6 Å². The molecule has 7 nitrogen and oxygen atoms in total. The number of aromatic nitrogens is 4. The lowest BCUT2D eigenvalue weighted by molar-refractivity contribution is 0.0947. The van der Waals surface area contributed by atoms with E-state index in [0.717, 1.165) is 23.0 Å². The van der Waals surface area contributed by atoms with Crippen LogP contribution in [0, 0.1) is 6.92 Å². The summed E-state index contributed by atoms with van der Waals surface area (Å²) in [5.74, 6) is -0.234. The lowest BCUT2D eigenvalue weighted by Gasteiger charge is -2.07. The minimum atomic E-state index is -0.234. The summed E-state index contributed by atoms with van der Waals surface area (Å²) in [5, 5.41) is 12.0. The number of benzene rings is 1. The molecule has 9 heteroatoms. The van der Waals surface area contributed by atoms with E-state index in [1.165, 1.54) is 0 Å². The second-order valence-electron chi connectivity index (χ2n) is 5.84. The fraction of sp³-hybridized carbons (Fsp3) is 0.294. The van der Waals surface area contributed by atoms with Crippen molar-refractivity contribution in [1.29, 1.82) is 0 Å². The van der Waals surface area contributed by atoms with E-state index < -0.39 is 0 Å². The zero-order chi connectivity index (χ0) is 17.1.